The van der Waals surface area contributed by atoms with Gasteiger partial charge in [0.05, 0.1) is 20.1 Å². The summed E-state index contributed by atoms with van der Waals surface area (Å²) in [7, 11) is 1.60. The molecule has 2 aromatic carbocycles. The summed E-state index contributed by atoms with van der Waals surface area (Å²) in [6.07, 6.45) is 2.23. The molecular weight excluding hydrogens is 316 g/mol. The van der Waals surface area contributed by atoms with Crippen LogP contribution in [0.4, 0.5) is 0 Å². The Morgan fingerprint density at radius 1 is 1.08 bits per heavy atom. The van der Waals surface area contributed by atoms with Crippen molar-refractivity contribution >= 4 is 5.91 Å². The van der Waals surface area contributed by atoms with Crippen molar-refractivity contribution in [1.29, 1.82) is 0 Å². The standard InChI is InChI=1S/C20H26N2O3/c1-3-4-13-25-20-17(11-8-12-18(20)24-2)14-19(23)22-21-15-16-9-6-5-7-10-16/h5-12,21H,3-4,13-15H2,1-2H3,(H,22,23). The molecule has 0 saturated heterocycles. The van der Waals surface area contributed by atoms with Crippen LogP contribution in [0.5, 0.6) is 11.5 Å². The van der Waals surface area contributed by atoms with Gasteiger partial charge in [-0.05, 0) is 18.1 Å². The van der Waals surface area contributed by atoms with Gasteiger partial charge in [-0.25, -0.2) is 5.43 Å². The molecule has 0 fully saturated rings. The SMILES string of the molecule is CCCCOc1c(CC(=O)NNCc2ccccc2)cccc1OC. The van der Waals surface area contributed by atoms with Crippen LogP contribution in [0.3, 0.4) is 0 Å². The average molecular weight is 342 g/mol. The molecule has 0 aliphatic carbocycles. The third kappa shape index (κ3) is 6.12. The van der Waals surface area contributed by atoms with E-state index in [-0.39, 0.29) is 12.3 Å². The van der Waals surface area contributed by atoms with Crippen LogP contribution in [0, 0.1) is 0 Å². The zero-order valence-electron chi connectivity index (χ0n) is 14.9. The summed E-state index contributed by atoms with van der Waals surface area (Å²) in [6.45, 7) is 3.29. The maximum atomic E-state index is 12.2. The minimum Gasteiger partial charge on any atom is -0.493 e. The molecule has 25 heavy (non-hydrogen) atoms. The fraction of sp³-hybridized carbons (Fsp3) is 0.350. The van der Waals surface area contributed by atoms with Crippen LogP contribution in [0.25, 0.3) is 0 Å². The smallest absolute Gasteiger partial charge is 0.238 e. The van der Waals surface area contributed by atoms with Crippen LogP contribution < -0.4 is 20.3 Å². The number of hydrogen-bond acceptors (Lipinski definition) is 4. The van der Waals surface area contributed by atoms with Crippen LogP contribution >= 0.6 is 0 Å². The van der Waals surface area contributed by atoms with Gasteiger partial charge in [-0.2, -0.15) is 0 Å². The molecule has 5 nitrogen and oxygen atoms in total. The van der Waals surface area contributed by atoms with Crippen molar-refractivity contribution in [3.05, 3.63) is 59.7 Å². The number of hydrazine groups is 1. The lowest BCUT2D eigenvalue weighted by Crippen LogP contribution is -2.37. The molecule has 0 unspecified atom stereocenters. The highest BCUT2D eigenvalue weighted by molar-refractivity contribution is 5.79. The highest BCUT2D eigenvalue weighted by Crippen LogP contribution is 2.31. The Bertz CT molecular complexity index is 659. The number of carbonyl (C=O) groups is 1. The van der Waals surface area contributed by atoms with Crippen molar-refractivity contribution in [2.45, 2.75) is 32.7 Å². The molecule has 0 aliphatic heterocycles. The summed E-state index contributed by atoms with van der Waals surface area (Å²) in [5.41, 5.74) is 7.60. The fourth-order valence-electron chi connectivity index (χ4n) is 2.40. The lowest BCUT2D eigenvalue weighted by molar-refractivity contribution is -0.121. The highest BCUT2D eigenvalue weighted by atomic mass is 16.5. The predicted molar refractivity (Wildman–Crippen MR) is 98.5 cm³/mol. The minimum atomic E-state index is -0.121. The van der Waals surface area contributed by atoms with Crippen molar-refractivity contribution in [2.75, 3.05) is 13.7 Å². The third-order valence-corrected chi connectivity index (χ3v) is 3.74. The number of rotatable bonds is 10. The Labute approximate surface area is 149 Å². The van der Waals surface area contributed by atoms with Crippen molar-refractivity contribution in [1.82, 2.24) is 10.9 Å². The van der Waals surface area contributed by atoms with E-state index in [4.69, 9.17) is 9.47 Å². The van der Waals surface area contributed by atoms with E-state index in [1.54, 1.807) is 7.11 Å². The van der Waals surface area contributed by atoms with Crippen LogP contribution in [-0.4, -0.2) is 19.6 Å². The number of unbranched alkanes of at least 4 members (excludes halogenated alkanes) is 1. The molecule has 0 spiro atoms. The van der Waals surface area contributed by atoms with Gasteiger partial charge >= 0.3 is 0 Å². The zero-order chi connectivity index (χ0) is 17.9. The number of nitrogens with one attached hydrogen (secondary N) is 2. The van der Waals surface area contributed by atoms with E-state index >= 15 is 0 Å². The third-order valence-electron chi connectivity index (χ3n) is 3.74. The monoisotopic (exact) mass is 342 g/mol. The van der Waals surface area contributed by atoms with Gasteiger partial charge in [0.15, 0.2) is 11.5 Å². The molecule has 1 amide bonds. The number of methoxy groups -OCH3 is 1. The Balaban J connectivity index is 1.92. The van der Waals surface area contributed by atoms with E-state index < -0.39 is 0 Å². The zero-order valence-corrected chi connectivity index (χ0v) is 14.9. The molecule has 0 saturated carbocycles. The number of para-hydroxylation sites is 1. The normalized spacial score (nSPS) is 10.3. The Kier molecular flexibility index (Phi) is 7.79. The van der Waals surface area contributed by atoms with E-state index in [2.05, 4.69) is 17.8 Å². The molecule has 2 rings (SSSR count). The summed E-state index contributed by atoms with van der Waals surface area (Å²) in [5, 5.41) is 0. The van der Waals surface area contributed by atoms with Gasteiger partial charge in [-0.15, -0.1) is 0 Å². The van der Waals surface area contributed by atoms with Crippen molar-refractivity contribution in [3.8, 4) is 11.5 Å². The molecule has 0 atom stereocenters. The summed E-state index contributed by atoms with van der Waals surface area (Å²) >= 11 is 0. The van der Waals surface area contributed by atoms with E-state index in [0.717, 1.165) is 24.0 Å². The van der Waals surface area contributed by atoms with Crippen LogP contribution in [0.1, 0.15) is 30.9 Å². The molecular formula is C20H26N2O3. The van der Waals surface area contributed by atoms with Crippen LogP contribution in [-0.2, 0) is 17.8 Å². The first-order valence-corrected chi connectivity index (χ1v) is 8.59. The van der Waals surface area contributed by atoms with E-state index in [9.17, 15) is 4.79 Å². The van der Waals surface area contributed by atoms with Crippen LogP contribution in [0.15, 0.2) is 48.5 Å². The second-order valence-corrected chi connectivity index (χ2v) is 5.71. The Morgan fingerprint density at radius 2 is 1.88 bits per heavy atom. The van der Waals surface area contributed by atoms with Gasteiger partial charge in [0, 0.05) is 12.1 Å². The molecule has 5 heteroatoms. The number of hydrogen-bond donors (Lipinski definition) is 2. The fourth-order valence-corrected chi connectivity index (χ4v) is 2.40. The van der Waals surface area contributed by atoms with Gasteiger partial charge in [0.25, 0.3) is 0 Å². The van der Waals surface area contributed by atoms with Crippen molar-refractivity contribution < 1.29 is 14.3 Å². The Hall–Kier alpha value is -2.53. The summed E-state index contributed by atoms with van der Waals surface area (Å²) in [4.78, 5) is 12.2. The van der Waals surface area contributed by atoms with Gasteiger partial charge in [-0.1, -0.05) is 55.8 Å². The first-order chi connectivity index (χ1) is 12.2. The number of carbonyl (C=O) groups excluding carboxylic acids is 1. The molecule has 2 N–H and O–H groups in total. The molecule has 2 aromatic rings. The average Bonchev–Trinajstić information content (AvgIpc) is 2.64. The number of ether oxygens (including phenoxy) is 2. The molecule has 134 valence electrons. The molecule has 0 aliphatic rings. The highest BCUT2D eigenvalue weighted by Gasteiger charge is 2.13. The first-order valence-electron chi connectivity index (χ1n) is 8.59. The van der Waals surface area contributed by atoms with Gasteiger partial charge < -0.3 is 9.47 Å². The Morgan fingerprint density at radius 3 is 2.60 bits per heavy atom. The largest absolute Gasteiger partial charge is 0.493 e. The summed E-state index contributed by atoms with van der Waals surface area (Å²) in [6, 6.07) is 15.5. The summed E-state index contributed by atoms with van der Waals surface area (Å²) in [5.74, 6) is 1.18. The number of benzene rings is 2. The maximum Gasteiger partial charge on any atom is 0.238 e. The quantitative estimate of drug-likeness (QED) is 0.514. The predicted octanol–water partition coefficient (Wildman–Crippen LogP) is 3.24. The molecule has 0 bridgehead atoms. The van der Waals surface area contributed by atoms with Gasteiger partial charge in [-0.3, -0.25) is 10.2 Å². The molecule has 0 heterocycles. The lowest BCUT2D eigenvalue weighted by atomic mass is 10.1. The lowest BCUT2D eigenvalue weighted by Gasteiger charge is -2.15. The van der Waals surface area contributed by atoms with Gasteiger partial charge in [0.1, 0.15) is 0 Å². The van der Waals surface area contributed by atoms with E-state index in [1.807, 2.05) is 48.5 Å². The summed E-state index contributed by atoms with van der Waals surface area (Å²) < 4.78 is 11.2. The van der Waals surface area contributed by atoms with E-state index in [1.165, 1.54) is 0 Å². The van der Waals surface area contributed by atoms with E-state index in [0.29, 0.717) is 24.7 Å². The molecule has 0 aromatic heterocycles. The maximum absolute atomic E-state index is 12.2. The second-order valence-electron chi connectivity index (χ2n) is 5.71. The minimum absolute atomic E-state index is 0.121. The van der Waals surface area contributed by atoms with Gasteiger partial charge in [0.2, 0.25) is 5.91 Å². The topological polar surface area (TPSA) is 59.6 Å². The van der Waals surface area contributed by atoms with Crippen molar-refractivity contribution in [3.63, 3.8) is 0 Å². The number of amides is 1. The first kappa shape index (κ1) is 18.8. The van der Waals surface area contributed by atoms with Crippen LogP contribution in [0.2, 0.25) is 0 Å². The van der Waals surface area contributed by atoms with Crippen molar-refractivity contribution in [2.24, 2.45) is 0 Å². The molecule has 0 radical (unpaired) electrons. The second kappa shape index (κ2) is 10.4.